The molecular formula is C7H10N2O2S. The molecule has 0 aliphatic carbocycles. The third-order valence-electron chi connectivity index (χ3n) is 1.33. The molecule has 1 rings (SSSR count). The van der Waals surface area contributed by atoms with E-state index in [4.69, 9.17) is 4.55 Å². The van der Waals surface area contributed by atoms with E-state index in [0.29, 0.717) is 13.0 Å². The highest BCUT2D eigenvalue weighted by molar-refractivity contribution is 7.77. The van der Waals surface area contributed by atoms with Gasteiger partial charge in [0.05, 0.1) is 0 Å². The first-order valence-corrected chi connectivity index (χ1v) is 4.64. The molecule has 4 nitrogen and oxygen atoms in total. The van der Waals surface area contributed by atoms with Gasteiger partial charge < -0.3 is 0 Å². The van der Waals surface area contributed by atoms with E-state index in [-0.39, 0.29) is 0 Å². The van der Waals surface area contributed by atoms with Crippen LogP contribution in [0.3, 0.4) is 0 Å². The standard InChI is InChI=1S/C7H10N2O2S/c10-12(11)9-6-4-7-3-1-2-5-8-7/h1-3,5,9H,4,6H2,(H,10,11). The van der Waals surface area contributed by atoms with Crippen molar-refractivity contribution in [2.24, 2.45) is 0 Å². The maximum absolute atomic E-state index is 10.2. The molecule has 0 spiro atoms. The maximum Gasteiger partial charge on any atom is 0.231 e. The van der Waals surface area contributed by atoms with Crippen molar-refractivity contribution < 1.29 is 8.76 Å². The van der Waals surface area contributed by atoms with Gasteiger partial charge in [0.15, 0.2) is 0 Å². The fourth-order valence-corrected chi connectivity index (χ4v) is 1.09. The van der Waals surface area contributed by atoms with E-state index < -0.39 is 11.3 Å². The van der Waals surface area contributed by atoms with Crippen LogP contribution in [0, 0.1) is 0 Å². The summed E-state index contributed by atoms with van der Waals surface area (Å²) < 4.78 is 20.9. The highest BCUT2D eigenvalue weighted by Gasteiger charge is 1.94. The first kappa shape index (κ1) is 9.31. The number of hydrogen-bond acceptors (Lipinski definition) is 2. The maximum atomic E-state index is 10.2. The van der Waals surface area contributed by atoms with Gasteiger partial charge in [-0.3, -0.25) is 9.54 Å². The van der Waals surface area contributed by atoms with E-state index in [1.807, 2.05) is 18.2 Å². The quantitative estimate of drug-likeness (QED) is 0.667. The molecule has 0 saturated heterocycles. The van der Waals surface area contributed by atoms with Crippen LogP contribution in [0.2, 0.25) is 0 Å². The smallest absolute Gasteiger partial charge is 0.231 e. The molecule has 66 valence electrons. The lowest BCUT2D eigenvalue weighted by molar-refractivity contribution is 0.549. The van der Waals surface area contributed by atoms with Gasteiger partial charge in [0, 0.05) is 24.9 Å². The van der Waals surface area contributed by atoms with Gasteiger partial charge in [-0.05, 0) is 12.1 Å². The Balaban J connectivity index is 2.29. The monoisotopic (exact) mass is 186 g/mol. The summed E-state index contributed by atoms with van der Waals surface area (Å²) in [6, 6.07) is 5.60. The van der Waals surface area contributed by atoms with Crippen LogP contribution in [0.4, 0.5) is 0 Å². The number of nitrogens with one attached hydrogen (secondary N) is 1. The zero-order chi connectivity index (χ0) is 8.81. The van der Waals surface area contributed by atoms with E-state index in [2.05, 4.69) is 9.71 Å². The van der Waals surface area contributed by atoms with Crippen LogP contribution in [0.15, 0.2) is 24.4 Å². The molecule has 0 fully saturated rings. The molecule has 0 amide bonds. The van der Waals surface area contributed by atoms with Crippen molar-refractivity contribution in [3.8, 4) is 0 Å². The minimum Gasteiger partial charge on any atom is -0.294 e. The van der Waals surface area contributed by atoms with E-state index >= 15 is 0 Å². The Morgan fingerprint density at radius 1 is 1.58 bits per heavy atom. The summed E-state index contributed by atoms with van der Waals surface area (Å²) in [7, 11) is 0. The van der Waals surface area contributed by atoms with Crippen molar-refractivity contribution in [2.45, 2.75) is 6.42 Å². The largest absolute Gasteiger partial charge is 0.294 e. The summed E-state index contributed by atoms with van der Waals surface area (Å²) in [4.78, 5) is 4.05. The summed E-state index contributed by atoms with van der Waals surface area (Å²) in [5.41, 5.74) is 0.912. The van der Waals surface area contributed by atoms with Crippen LogP contribution in [-0.4, -0.2) is 20.3 Å². The SMILES string of the molecule is O=S(O)NCCc1ccccn1. The van der Waals surface area contributed by atoms with Crippen molar-refractivity contribution in [1.29, 1.82) is 0 Å². The molecule has 0 saturated carbocycles. The Bertz CT molecular complexity index is 253. The number of nitrogens with zero attached hydrogens (tertiary/aromatic N) is 1. The lowest BCUT2D eigenvalue weighted by atomic mass is 10.3. The molecule has 12 heavy (non-hydrogen) atoms. The normalized spacial score (nSPS) is 12.8. The summed E-state index contributed by atoms with van der Waals surface area (Å²) >= 11 is -1.92. The van der Waals surface area contributed by atoms with Crippen LogP contribution in [-0.2, 0) is 17.7 Å². The fraction of sp³-hybridized carbons (Fsp3) is 0.286. The lowest BCUT2D eigenvalue weighted by Gasteiger charge is -1.98. The van der Waals surface area contributed by atoms with E-state index in [1.54, 1.807) is 6.20 Å². The molecule has 1 aromatic heterocycles. The van der Waals surface area contributed by atoms with E-state index in [0.717, 1.165) is 5.69 Å². The zero-order valence-electron chi connectivity index (χ0n) is 6.43. The van der Waals surface area contributed by atoms with Crippen LogP contribution >= 0.6 is 0 Å². The minimum absolute atomic E-state index is 0.458. The fourth-order valence-electron chi connectivity index (χ4n) is 0.812. The third-order valence-corrected chi connectivity index (χ3v) is 1.78. The van der Waals surface area contributed by atoms with E-state index in [9.17, 15) is 4.21 Å². The van der Waals surface area contributed by atoms with Gasteiger partial charge in [0.25, 0.3) is 0 Å². The molecule has 0 aliphatic rings. The summed E-state index contributed by atoms with van der Waals surface area (Å²) in [6.07, 6.45) is 2.36. The van der Waals surface area contributed by atoms with Gasteiger partial charge in [-0.25, -0.2) is 8.93 Å². The second-order valence-electron chi connectivity index (χ2n) is 2.21. The number of rotatable bonds is 4. The molecule has 0 bridgehead atoms. The molecule has 1 atom stereocenters. The first-order valence-electron chi connectivity index (χ1n) is 3.53. The molecule has 2 N–H and O–H groups in total. The number of pyridine rings is 1. The second-order valence-corrected chi connectivity index (χ2v) is 3.00. The van der Waals surface area contributed by atoms with Gasteiger partial charge in [0.2, 0.25) is 11.3 Å². The lowest BCUT2D eigenvalue weighted by Crippen LogP contribution is -2.19. The Morgan fingerprint density at radius 2 is 2.42 bits per heavy atom. The molecule has 5 heteroatoms. The van der Waals surface area contributed by atoms with Crippen LogP contribution in [0.5, 0.6) is 0 Å². The van der Waals surface area contributed by atoms with Crippen LogP contribution in [0.25, 0.3) is 0 Å². The average molecular weight is 186 g/mol. The van der Waals surface area contributed by atoms with Crippen molar-refractivity contribution in [3.05, 3.63) is 30.1 Å². The highest BCUT2D eigenvalue weighted by atomic mass is 32.2. The number of hydrogen-bond donors (Lipinski definition) is 2. The minimum atomic E-state index is -1.92. The third kappa shape index (κ3) is 3.56. The topological polar surface area (TPSA) is 62.2 Å². The second kappa shape index (κ2) is 4.97. The zero-order valence-corrected chi connectivity index (χ0v) is 7.25. The molecule has 1 heterocycles. The number of aromatic nitrogens is 1. The predicted molar refractivity (Wildman–Crippen MR) is 46.7 cm³/mol. The highest BCUT2D eigenvalue weighted by Crippen LogP contribution is 1.92. The molecule has 0 aromatic carbocycles. The van der Waals surface area contributed by atoms with Crippen molar-refractivity contribution >= 4 is 11.3 Å². The first-order chi connectivity index (χ1) is 5.79. The summed E-state index contributed by atoms with van der Waals surface area (Å²) in [5, 5.41) is 0. The molecule has 0 aliphatic heterocycles. The Morgan fingerprint density at radius 3 is 3.00 bits per heavy atom. The molecule has 0 radical (unpaired) electrons. The van der Waals surface area contributed by atoms with Gasteiger partial charge in [-0.15, -0.1) is 0 Å². The van der Waals surface area contributed by atoms with E-state index in [1.165, 1.54) is 0 Å². The van der Waals surface area contributed by atoms with Gasteiger partial charge in [-0.1, -0.05) is 6.07 Å². The van der Waals surface area contributed by atoms with Gasteiger partial charge in [-0.2, -0.15) is 0 Å². The van der Waals surface area contributed by atoms with Gasteiger partial charge in [0.1, 0.15) is 0 Å². The van der Waals surface area contributed by atoms with Gasteiger partial charge >= 0.3 is 0 Å². The van der Waals surface area contributed by atoms with Crippen molar-refractivity contribution in [2.75, 3.05) is 6.54 Å². The van der Waals surface area contributed by atoms with Crippen LogP contribution < -0.4 is 4.72 Å². The summed E-state index contributed by atoms with van der Waals surface area (Å²) in [6.45, 7) is 0.458. The molecule has 1 unspecified atom stereocenters. The predicted octanol–water partition coefficient (Wildman–Crippen LogP) is 0.350. The summed E-state index contributed by atoms with van der Waals surface area (Å²) in [5.74, 6) is 0. The van der Waals surface area contributed by atoms with Crippen molar-refractivity contribution in [1.82, 2.24) is 9.71 Å². The molecular weight excluding hydrogens is 176 g/mol. The van der Waals surface area contributed by atoms with Crippen molar-refractivity contribution in [3.63, 3.8) is 0 Å². The van der Waals surface area contributed by atoms with Crippen LogP contribution in [0.1, 0.15) is 5.69 Å². The Labute approximate surface area is 73.4 Å². The molecule has 1 aromatic rings. The Hall–Kier alpha value is -0.780. The average Bonchev–Trinajstić information content (AvgIpc) is 2.05. The Kier molecular flexibility index (Phi) is 3.86.